The molecule has 1 heterocycles. The maximum atomic E-state index is 12.2. The van der Waals surface area contributed by atoms with Gasteiger partial charge in [-0.3, -0.25) is 14.4 Å². The van der Waals surface area contributed by atoms with E-state index in [-0.39, 0.29) is 24.8 Å². The number of benzene rings is 1. The molecule has 0 saturated carbocycles. The minimum absolute atomic E-state index is 0.0905. The molecule has 6 nitrogen and oxygen atoms in total. The fourth-order valence-electron chi connectivity index (χ4n) is 2.25. The number of primary amides is 1. The second-order valence-corrected chi connectivity index (χ2v) is 6.30. The number of nitrogens with zero attached hydrogens (tertiary/aromatic N) is 1. The molecule has 1 aliphatic heterocycles. The van der Waals surface area contributed by atoms with Crippen LogP contribution in [0.2, 0.25) is 5.02 Å². The summed E-state index contributed by atoms with van der Waals surface area (Å²) >= 11 is 5.92. The molecule has 0 spiro atoms. The second kappa shape index (κ2) is 5.96. The van der Waals surface area contributed by atoms with Crippen molar-refractivity contribution in [3.8, 4) is 0 Å². The average Bonchev–Trinajstić information content (AvgIpc) is 2.80. The molecule has 0 aliphatic carbocycles. The third-order valence-corrected chi connectivity index (χ3v) is 3.90. The highest BCUT2D eigenvalue weighted by atomic mass is 35.5. The van der Waals surface area contributed by atoms with Gasteiger partial charge < -0.3 is 16.0 Å². The highest BCUT2D eigenvalue weighted by molar-refractivity contribution is 6.31. The fourth-order valence-corrected chi connectivity index (χ4v) is 2.43. The zero-order valence-corrected chi connectivity index (χ0v) is 13.2. The molecule has 1 aliphatic rings. The van der Waals surface area contributed by atoms with E-state index < -0.39 is 17.4 Å². The summed E-state index contributed by atoms with van der Waals surface area (Å²) in [6.07, 6.45) is 0.0905. The van der Waals surface area contributed by atoms with Crippen molar-refractivity contribution in [2.24, 2.45) is 11.7 Å². The Hall–Kier alpha value is -2.08. The Balaban J connectivity index is 2.09. The van der Waals surface area contributed by atoms with E-state index in [2.05, 4.69) is 5.32 Å². The topological polar surface area (TPSA) is 92.5 Å². The first-order valence-corrected chi connectivity index (χ1v) is 7.26. The van der Waals surface area contributed by atoms with Crippen molar-refractivity contribution in [1.82, 2.24) is 5.32 Å². The number of halogens is 1. The predicted molar refractivity (Wildman–Crippen MR) is 83.3 cm³/mol. The number of amides is 3. The van der Waals surface area contributed by atoms with Crippen molar-refractivity contribution in [3.05, 3.63) is 29.3 Å². The van der Waals surface area contributed by atoms with E-state index in [1.807, 2.05) is 0 Å². The smallest absolute Gasteiger partial charge is 0.242 e. The third-order valence-electron chi connectivity index (χ3n) is 3.67. The van der Waals surface area contributed by atoms with Gasteiger partial charge in [0.15, 0.2) is 0 Å². The van der Waals surface area contributed by atoms with Gasteiger partial charge in [-0.2, -0.15) is 0 Å². The lowest BCUT2D eigenvalue weighted by Crippen LogP contribution is -2.54. The van der Waals surface area contributed by atoms with Gasteiger partial charge in [-0.05, 0) is 32.0 Å². The summed E-state index contributed by atoms with van der Waals surface area (Å²) in [6, 6.07) is 6.89. The van der Waals surface area contributed by atoms with Crippen LogP contribution in [0.1, 0.15) is 20.3 Å². The summed E-state index contributed by atoms with van der Waals surface area (Å²) in [7, 11) is 0. The summed E-state index contributed by atoms with van der Waals surface area (Å²) in [5.41, 5.74) is 4.74. The molecule has 7 heteroatoms. The normalized spacial score (nSPS) is 18.4. The van der Waals surface area contributed by atoms with E-state index in [4.69, 9.17) is 17.3 Å². The molecule has 3 amide bonds. The van der Waals surface area contributed by atoms with Crippen molar-refractivity contribution >= 4 is 35.0 Å². The first-order valence-electron chi connectivity index (χ1n) is 6.88. The van der Waals surface area contributed by atoms with E-state index in [1.165, 1.54) is 18.7 Å². The first-order chi connectivity index (χ1) is 10.2. The van der Waals surface area contributed by atoms with Crippen molar-refractivity contribution in [2.75, 3.05) is 11.4 Å². The molecule has 3 N–H and O–H groups in total. The molecule has 0 bridgehead atoms. The van der Waals surface area contributed by atoms with Crippen LogP contribution in [0.3, 0.4) is 0 Å². The third kappa shape index (κ3) is 3.39. The van der Waals surface area contributed by atoms with Crippen molar-refractivity contribution in [2.45, 2.75) is 25.8 Å². The van der Waals surface area contributed by atoms with Crippen LogP contribution in [-0.2, 0) is 14.4 Å². The SMILES string of the molecule is CC(C)(NC(=O)[C@@H]1CC(=O)N(c2cccc(Cl)c2)C1)C(N)=O. The lowest BCUT2D eigenvalue weighted by atomic mass is 10.0. The molecular formula is C15H18ClN3O3. The van der Waals surface area contributed by atoms with E-state index in [9.17, 15) is 14.4 Å². The van der Waals surface area contributed by atoms with Gasteiger partial charge in [0.05, 0.1) is 5.92 Å². The van der Waals surface area contributed by atoms with Crippen LogP contribution in [0, 0.1) is 5.92 Å². The molecule has 2 rings (SSSR count). The van der Waals surface area contributed by atoms with Crippen LogP contribution in [0.4, 0.5) is 5.69 Å². The molecule has 118 valence electrons. The van der Waals surface area contributed by atoms with Crippen LogP contribution >= 0.6 is 11.6 Å². The number of hydrogen-bond donors (Lipinski definition) is 2. The van der Waals surface area contributed by atoms with Crippen molar-refractivity contribution < 1.29 is 14.4 Å². The Morgan fingerprint density at radius 2 is 2.09 bits per heavy atom. The van der Waals surface area contributed by atoms with Crippen molar-refractivity contribution in [1.29, 1.82) is 0 Å². The highest BCUT2D eigenvalue weighted by Crippen LogP contribution is 2.27. The van der Waals surface area contributed by atoms with Gasteiger partial charge in [0.25, 0.3) is 0 Å². The summed E-state index contributed by atoms with van der Waals surface area (Å²) in [5, 5.41) is 3.10. The van der Waals surface area contributed by atoms with E-state index in [0.717, 1.165) is 0 Å². The number of hydrogen-bond acceptors (Lipinski definition) is 3. The largest absolute Gasteiger partial charge is 0.368 e. The minimum atomic E-state index is -1.15. The molecule has 0 aromatic heterocycles. The molecule has 1 aromatic carbocycles. The Morgan fingerprint density at radius 3 is 2.68 bits per heavy atom. The lowest BCUT2D eigenvalue weighted by Gasteiger charge is -2.24. The monoisotopic (exact) mass is 323 g/mol. The number of carbonyl (C=O) groups excluding carboxylic acids is 3. The van der Waals surface area contributed by atoms with Crippen LogP contribution in [0.5, 0.6) is 0 Å². The zero-order chi connectivity index (χ0) is 16.5. The summed E-state index contributed by atoms with van der Waals surface area (Å²) in [4.78, 5) is 37.1. The quantitative estimate of drug-likeness (QED) is 0.868. The van der Waals surface area contributed by atoms with Gasteiger partial charge in [0.2, 0.25) is 17.7 Å². The van der Waals surface area contributed by atoms with E-state index in [0.29, 0.717) is 10.7 Å². The summed E-state index contributed by atoms with van der Waals surface area (Å²) in [6.45, 7) is 3.30. The molecule has 1 atom stereocenters. The van der Waals surface area contributed by atoms with Crippen LogP contribution in [-0.4, -0.2) is 29.8 Å². The molecule has 1 fully saturated rings. The van der Waals surface area contributed by atoms with E-state index in [1.54, 1.807) is 24.3 Å². The molecular weight excluding hydrogens is 306 g/mol. The molecule has 0 unspecified atom stereocenters. The second-order valence-electron chi connectivity index (χ2n) is 5.86. The minimum Gasteiger partial charge on any atom is -0.368 e. The van der Waals surface area contributed by atoms with Gasteiger partial charge in [0, 0.05) is 23.7 Å². The van der Waals surface area contributed by atoms with Crippen molar-refractivity contribution in [3.63, 3.8) is 0 Å². The number of carbonyl (C=O) groups is 3. The Labute approximate surface area is 133 Å². The maximum absolute atomic E-state index is 12.2. The average molecular weight is 324 g/mol. The number of anilines is 1. The number of nitrogens with one attached hydrogen (secondary N) is 1. The number of rotatable bonds is 4. The van der Waals surface area contributed by atoms with Crippen LogP contribution < -0.4 is 16.0 Å². The first kappa shape index (κ1) is 16.3. The standard InChI is InChI=1S/C15H18ClN3O3/c1-15(2,14(17)22)18-13(21)9-6-12(20)19(8-9)11-5-3-4-10(16)7-11/h3-5,7,9H,6,8H2,1-2H3,(H2,17,22)(H,18,21)/t9-/m1/s1. The Kier molecular flexibility index (Phi) is 4.42. The molecule has 1 saturated heterocycles. The zero-order valence-electron chi connectivity index (χ0n) is 12.4. The Morgan fingerprint density at radius 1 is 1.41 bits per heavy atom. The van der Waals surface area contributed by atoms with E-state index >= 15 is 0 Å². The Bertz CT molecular complexity index is 630. The predicted octanol–water partition coefficient (Wildman–Crippen LogP) is 1.07. The number of nitrogens with two attached hydrogens (primary N) is 1. The lowest BCUT2D eigenvalue weighted by molar-refractivity contribution is -0.132. The van der Waals surface area contributed by atoms with Gasteiger partial charge in [-0.25, -0.2) is 0 Å². The van der Waals surface area contributed by atoms with Gasteiger partial charge in [-0.1, -0.05) is 17.7 Å². The maximum Gasteiger partial charge on any atom is 0.242 e. The van der Waals surface area contributed by atoms with Gasteiger partial charge in [-0.15, -0.1) is 0 Å². The molecule has 0 radical (unpaired) electrons. The van der Waals surface area contributed by atoms with Crippen LogP contribution in [0.25, 0.3) is 0 Å². The summed E-state index contributed by atoms with van der Waals surface area (Å²) in [5.74, 6) is -1.66. The van der Waals surface area contributed by atoms with Crippen LogP contribution in [0.15, 0.2) is 24.3 Å². The van der Waals surface area contributed by atoms with Gasteiger partial charge >= 0.3 is 0 Å². The highest BCUT2D eigenvalue weighted by Gasteiger charge is 2.38. The molecule has 1 aromatic rings. The van der Waals surface area contributed by atoms with Gasteiger partial charge in [0.1, 0.15) is 5.54 Å². The summed E-state index contributed by atoms with van der Waals surface area (Å²) < 4.78 is 0. The molecule has 22 heavy (non-hydrogen) atoms. The fraction of sp³-hybridized carbons (Fsp3) is 0.400.